The minimum absolute atomic E-state index is 0. The van der Waals surface area contributed by atoms with E-state index in [9.17, 15) is 0 Å². The van der Waals surface area contributed by atoms with Gasteiger partial charge in [-0.25, -0.2) is 0 Å². The molecule has 5 aromatic heterocycles. The van der Waals surface area contributed by atoms with E-state index >= 15 is 0 Å². The lowest BCUT2D eigenvalue weighted by atomic mass is 10.1. The zero-order valence-corrected chi connectivity index (χ0v) is 62.5. The van der Waals surface area contributed by atoms with Gasteiger partial charge in [0.15, 0.2) is 0 Å². The molecule has 4 N–H and O–H groups in total. The van der Waals surface area contributed by atoms with Crippen LogP contribution in [0.1, 0.15) is 7.43 Å². The molecule has 0 radical (unpaired) electrons. The molecular weight excluding hydrogens is 1440 g/mol. The van der Waals surface area contributed by atoms with Crippen molar-refractivity contribution >= 4 is 170 Å². The molecule has 0 amide bonds. The van der Waals surface area contributed by atoms with Gasteiger partial charge in [0.2, 0.25) is 0 Å². The van der Waals surface area contributed by atoms with Crippen molar-refractivity contribution in [1.82, 2.24) is 22.8 Å². The second-order valence-electron chi connectivity index (χ2n) is 28.3. The molecule has 0 aliphatic heterocycles. The molecule has 0 saturated heterocycles. The molecule has 5 heterocycles. The Morgan fingerprint density at radius 3 is 0.602 bits per heavy atom. The molecule has 0 aliphatic carbocycles. The van der Waals surface area contributed by atoms with Crippen LogP contribution < -0.4 is 21.3 Å². The first kappa shape index (κ1) is 68.9. The van der Waals surface area contributed by atoms with Crippen molar-refractivity contribution < 1.29 is 0 Å². The molecule has 540 valence electrons. The number of rotatable bonds is 11. The first-order valence-electron chi connectivity index (χ1n) is 37.7. The fraction of sp³-hybridized carbons (Fsp3) is 0.00971. The number of anilines is 8. The zero-order chi connectivity index (χ0) is 74.8. The van der Waals surface area contributed by atoms with Gasteiger partial charge in [-0.2, -0.15) is 0 Å². The topological polar surface area (TPSA) is 83.2 Å². The van der Waals surface area contributed by atoms with Gasteiger partial charge in [-0.3, -0.25) is 0 Å². The van der Waals surface area contributed by atoms with Crippen molar-refractivity contribution in [2.45, 2.75) is 7.43 Å². The summed E-state index contributed by atoms with van der Waals surface area (Å²) in [5.74, 6) is 0. The largest absolute Gasteiger partial charge is 0.399 e. The summed E-state index contributed by atoms with van der Waals surface area (Å²) in [6.45, 7) is 0. The lowest BCUT2D eigenvalue weighted by molar-refractivity contribution is 1.18. The van der Waals surface area contributed by atoms with E-state index in [0.29, 0.717) is 0 Å². The lowest BCUT2D eigenvalue weighted by Gasteiger charge is -2.29. The van der Waals surface area contributed by atoms with Crippen LogP contribution in [0.3, 0.4) is 0 Å². The number of fused-ring (bicyclic) bond motifs is 15. The smallest absolute Gasteiger partial charge is 0.0542 e. The number of hydrogen-bond donors (Lipinski definition) is 2. The Labute approximate surface area is 662 Å². The average molecular weight is 1520 g/mol. The molecule has 113 heavy (non-hydrogen) atoms. The summed E-state index contributed by atoms with van der Waals surface area (Å²) in [7, 11) is 0. The standard InChI is InChI=1S/C78H52N6.C18H12BrN.C6H8N2.CH4/c1-5-21-53(22-6-1)81-71-33-17-13-29-63(71)67-49-59(41-45-75(67)81)79(60-42-46-76-68(50-60)64-30-14-18-34-72(64)82(76)54-23-7-2-8-24-54)57-37-39-58(40-38-57)80(61-43-47-77-69(51-61)65-31-15-19-35-73(65)83(77)55-25-9-3-10-26-55)62-44-48-78-70(52-62)66-32-16-20-36-74(66)84(78)56-27-11-4-12-28-56;19-13-10-11-18-16(12-13)15-8-4-5-9-17(15)20(18)14-6-2-1-3-7-14;7-5-1-2-6(8)4-3-5;/h1-52H;1-12H;1-4H,7-8H2;1H4. The maximum absolute atomic E-state index is 5.37. The molecule has 17 aromatic carbocycles. The van der Waals surface area contributed by atoms with E-state index in [0.717, 1.165) is 94.8 Å². The second kappa shape index (κ2) is 29.1. The molecule has 0 atom stereocenters. The van der Waals surface area contributed by atoms with Crippen LogP contribution in [0, 0.1) is 0 Å². The quantitative estimate of drug-likeness (QED) is 0.126. The van der Waals surface area contributed by atoms with E-state index in [2.05, 4.69) is 431 Å². The van der Waals surface area contributed by atoms with Crippen molar-refractivity contribution in [2.75, 3.05) is 21.3 Å². The molecule has 22 aromatic rings. The molecule has 9 nitrogen and oxygen atoms in total. The molecular formula is C103H76BrN9. The average Bonchev–Trinajstić information content (AvgIpc) is 1.62. The van der Waals surface area contributed by atoms with Gasteiger partial charge in [0.25, 0.3) is 0 Å². The van der Waals surface area contributed by atoms with Crippen molar-refractivity contribution in [3.8, 4) is 28.4 Å². The summed E-state index contributed by atoms with van der Waals surface area (Å²) >= 11 is 3.57. The maximum Gasteiger partial charge on any atom is 0.0542 e. The number of nitrogens with zero attached hydrogens (tertiary/aromatic N) is 7. The highest BCUT2D eigenvalue weighted by Crippen LogP contribution is 2.47. The summed E-state index contributed by atoms with van der Waals surface area (Å²) in [6, 6.07) is 148. The summed E-state index contributed by atoms with van der Waals surface area (Å²) < 4.78 is 13.0. The van der Waals surface area contributed by atoms with Gasteiger partial charge in [-0.15, -0.1) is 0 Å². The van der Waals surface area contributed by atoms with Crippen molar-refractivity contribution in [2.24, 2.45) is 0 Å². The van der Waals surface area contributed by atoms with Gasteiger partial charge in [0, 0.05) is 132 Å². The minimum atomic E-state index is 0. The molecule has 0 fully saturated rings. The van der Waals surface area contributed by atoms with E-state index in [1.165, 1.54) is 92.6 Å². The van der Waals surface area contributed by atoms with Gasteiger partial charge in [0.1, 0.15) is 0 Å². The Morgan fingerprint density at radius 1 is 0.177 bits per heavy atom. The number of halogens is 1. The van der Waals surface area contributed by atoms with Gasteiger partial charge in [-0.1, -0.05) is 205 Å². The Balaban J connectivity index is 0.000000247. The van der Waals surface area contributed by atoms with E-state index < -0.39 is 0 Å². The van der Waals surface area contributed by atoms with E-state index in [1.807, 2.05) is 6.07 Å². The number of nitrogens with two attached hydrogens (primary N) is 2. The third-order valence-electron chi connectivity index (χ3n) is 21.7. The molecule has 0 saturated carbocycles. The van der Waals surface area contributed by atoms with E-state index in [4.69, 9.17) is 11.5 Å². The Kier molecular flexibility index (Phi) is 17.7. The minimum Gasteiger partial charge on any atom is -0.399 e. The highest BCUT2D eigenvalue weighted by Gasteiger charge is 2.24. The first-order valence-corrected chi connectivity index (χ1v) is 38.5. The van der Waals surface area contributed by atoms with Crippen molar-refractivity contribution in [3.05, 3.63) is 417 Å². The van der Waals surface area contributed by atoms with Gasteiger partial charge >= 0.3 is 0 Å². The van der Waals surface area contributed by atoms with Crippen LogP contribution in [0.4, 0.5) is 45.5 Å². The number of aromatic nitrogens is 5. The number of benzene rings is 17. The van der Waals surface area contributed by atoms with Crippen LogP contribution in [-0.4, -0.2) is 22.8 Å². The Hall–Kier alpha value is -14.6. The number of para-hydroxylation sites is 10. The Bertz CT molecular complexity index is 6600. The second-order valence-corrected chi connectivity index (χ2v) is 29.2. The number of hydrogen-bond acceptors (Lipinski definition) is 4. The van der Waals surface area contributed by atoms with Crippen LogP contribution in [0.2, 0.25) is 0 Å². The fourth-order valence-electron chi connectivity index (χ4n) is 16.8. The first-order chi connectivity index (χ1) is 55.3. The van der Waals surface area contributed by atoms with E-state index in [-0.39, 0.29) is 7.43 Å². The molecule has 0 unspecified atom stereocenters. The van der Waals surface area contributed by atoms with Gasteiger partial charge in [-0.05, 0) is 231 Å². The summed E-state index contributed by atoms with van der Waals surface area (Å²) in [5.41, 5.74) is 36.1. The molecule has 0 spiro atoms. The molecule has 0 bridgehead atoms. The predicted octanol–water partition coefficient (Wildman–Crippen LogP) is 28.0. The fourth-order valence-corrected chi connectivity index (χ4v) is 17.1. The lowest BCUT2D eigenvalue weighted by Crippen LogP contribution is -2.12. The third kappa shape index (κ3) is 12.2. The van der Waals surface area contributed by atoms with Crippen LogP contribution >= 0.6 is 15.9 Å². The zero-order valence-electron chi connectivity index (χ0n) is 60.9. The highest BCUT2D eigenvalue weighted by atomic mass is 79.9. The van der Waals surface area contributed by atoms with Crippen molar-refractivity contribution in [1.29, 1.82) is 0 Å². The highest BCUT2D eigenvalue weighted by molar-refractivity contribution is 9.10. The number of nitrogen functional groups attached to an aromatic ring is 2. The Morgan fingerprint density at radius 2 is 0.363 bits per heavy atom. The normalized spacial score (nSPS) is 11.4. The molecule has 10 heteroatoms. The van der Waals surface area contributed by atoms with Crippen LogP contribution in [0.25, 0.3) is 137 Å². The molecule has 22 rings (SSSR count). The molecule has 0 aliphatic rings. The SMILES string of the molecule is Brc1ccc2c(c1)c1ccccc1n2-c1ccccc1.C.Nc1ccc(N)cc1.c1ccc(-n2c3ccccc3c3cc(N(c4ccc(N(c5ccc6c(c5)c5ccccc5n6-c5ccccc5)c5ccc6c(c5)c5ccccc5n6-c5ccccc5)cc4)c4ccc5c(c4)c4ccccc4n5-c4ccccc4)ccc32)cc1. The van der Waals surface area contributed by atoms with Crippen LogP contribution in [0.5, 0.6) is 0 Å². The van der Waals surface area contributed by atoms with Crippen LogP contribution in [0.15, 0.2) is 417 Å². The maximum atomic E-state index is 5.37. The predicted molar refractivity (Wildman–Crippen MR) is 484 cm³/mol. The summed E-state index contributed by atoms with van der Waals surface area (Å²) in [4.78, 5) is 4.87. The summed E-state index contributed by atoms with van der Waals surface area (Å²) in [5, 5.41) is 12.1. The van der Waals surface area contributed by atoms with Gasteiger partial charge < -0.3 is 44.1 Å². The van der Waals surface area contributed by atoms with Crippen molar-refractivity contribution in [3.63, 3.8) is 0 Å². The summed E-state index contributed by atoms with van der Waals surface area (Å²) in [6.07, 6.45) is 0. The van der Waals surface area contributed by atoms with Gasteiger partial charge in [0.05, 0.1) is 55.2 Å². The van der Waals surface area contributed by atoms with E-state index in [1.54, 1.807) is 24.3 Å². The monoisotopic (exact) mass is 1520 g/mol. The third-order valence-corrected chi connectivity index (χ3v) is 22.2. The van der Waals surface area contributed by atoms with Crippen LogP contribution in [-0.2, 0) is 0 Å².